The number of ether oxygens (including phenoxy) is 2. The summed E-state index contributed by atoms with van der Waals surface area (Å²) in [5.41, 5.74) is 1.28. The molecule has 1 heterocycles. The topological polar surface area (TPSA) is 125 Å². The Hall–Kier alpha value is -4.29. The average molecular weight is 538 g/mol. The van der Waals surface area contributed by atoms with Gasteiger partial charge in [0.1, 0.15) is 0 Å². The first-order chi connectivity index (χ1) is 17.7. The van der Waals surface area contributed by atoms with Crippen molar-refractivity contribution in [1.29, 1.82) is 0 Å². The number of carbonyl (C=O) groups excluding carboxylic acids is 1. The van der Waals surface area contributed by atoms with E-state index < -0.39 is 21.2 Å². The van der Waals surface area contributed by atoms with Gasteiger partial charge in [-0.3, -0.25) is 29.9 Å². The highest BCUT2D eigenvalue weighted by Crippen LogP contribution is 2.40. The van der Waals surface area contributed by atoms with Crippen LogP contribution in [-0.2, 0) is 4.79 Å². The lowest BCUT2D eigenvalue weighted by atomic mass is 10.1. The molecule has 37 heavy (non-hydrogen) atoms. The van der Waals surface area contributed by atoms with E-state index in [0.717, 1.165) is 29.4 Å². The molecular weight excluding hydrogens is 518 g/mol. The first-order valence-corrected chi connectivity index (χ1v) is 12.1. The number of nitro benzene ring substituents is 2. The average Bonchev–Trinajstić information content (AvgIpc) is 3.13. The molecule has 4 rings (SSSR count). The van der Waals surface area contributed by atoms with Crippen molar-refractivity contribution in [3.8, 4) is 17.2 Å². The zero-order valence-electron chi connectivity index (χ0n) is 19.6. The minimum Gasteiger partial charge on any atom is -0.490 e. The largest absolute Gasteiger partial charge is 0.490 e. The van der Waals surface area contributed by atoms with E-state index in [9.17, 15) is 25.0 Å². The van der Waals surface area contributed by atoms with E-state index in [-0.39, 0.29) is 29.8 Å². The third-order valence-electron chi connectivity index (χ3n) is 5.29. The number of anilines is 1. The van der Waals surface area contributed by atoms with Crippen molar-refractivity contribution >= 4 is 57.3 Å². The van der Waals surface area contributed by atoms with Crippen LogP contribution in [0, 0.1) is 27.2 Å². The van der Waals surface area contributed by atoms with Crippen molar-refractivity contribution in [3.63, 3.8) is 0 Å². The van der Waals surface area contributed by atoms with Gasteiger partial charge in [-0.15, -0.1) is 0 Å². The predicted molar refractivity (Wildman–Crippen MR) is 144 cm³/mol. The predicted octanol–water partition coefficient (Wildman–Crippen LogP) is 6.41. The van der Waals surface area contributed by atoms with E-state index in [2.05, 4.69) is 0 Å². The molecule has 1 saturated heterocycles. The molecule has 0 aliphatic carbocycles. The van der Waals surface area contributed by atoms with Crippen molar-refractivity contribution in [1.82, 2.24) is 0 Å². The van der Waals surface area contributed by atoms with Crippen molar-refractivity contribution in [3.05, 3.63) is 96.9 Å². The molecule has 1 fully saturated rings. The fraction of sp³-hybridized carbons (Fsp3) is 0.120. The number of amides is 1. The van der Waals surface area contributed by atoms with E-state index in [1.165, 1.54) is 16.7 Å². The molecule has 1 amide bonds. The maximum absolute atomic E-state index is 13.2. The van der Waals surface area contributed by atoms with Gasteiger partial charge in [-0.2, -0.15) is 0 Å². The van der Waals surface area contributed by atoms with Crippen molar-refractivity contribution in [2.24, 2.45) is 0 Å². The Morgan fingerprint density at radius 2 is 1.73 bits per heavy atom. The zero-order valence-corrected chi connectivity index (χ0v) is 21.2. The van der Waals surface area contributed by atoms with Crippen LogP contribution in [0.4, 0.5) is 17.1 Å². The number of thiocarbonyl (C=S) groups is 1. The van der Waals surface area contributed by atoms with Gasteiger partial charge in [-0.1, -0.05) is 48.2 Å². The summed E-state index contributed by atoms with van der Waals surface area (Å²) in [4.78, 5) is 36.1. The molecule has 0 spiro atoms. The Bertz CT molecular complexity index is 1470. The molecule has 12 heteroatoms. The Morgan fingerprint density at radius 3 is 2.41 bits per heavy atom. The van der Waals surface area contributed by atoms with Crippen LogP contribution in [0.1, 0.15) is 18.1 Å². The number of rotatable bonds is 8. The van der Waals surface area contributed by atoms with Gasteiger partial charge in [-0.25, -0.2) is 0 Å². The zero-order chi connectivity index (χ0) is 26.7. The molecule has 3 aromatic rings. The first-order valence-electron chi connectivity index (χ1n) is 10.9. The second-order valence-electron chi connectivity index (χ2n) is 7.71. The van der Waals surface area contributed by atoms with Gasteiger partial charge >= 0.3 is 5.69 Å². The van der Waals surface area contributed by atoms with Crippen LogP contribution in [0.5, 0.6) is 17.2 Å². The molecule has 0 saturated carbocycles. The molecule has 1 aliphatic rings. The Kier molecular flexibility index (Phi) is 7.50. The number of carbonyl (C=O) groups is 1. The third kappa shape index (κ3) is 5.44. The van der Waals surface area contributed by atoms with E-state index in [1.54, 1.807) is 31.2 Å². The number of nitro groups is 2. The van der Waals surface area contributed by atoms with Crippen LogP contribution < -0.4 is 14.4 Å². The van der Waals surface area contributed by atoms with Gasteiger partial charge in [-0.05, 0) is 55.3 Å². The highest BCUT2D eigenvalue weighted by Gasteiger charge is 2.34. The number of benzene rings is 3. The molecule has 3 aromatic carbocycles. The number of aryl methyl sites for hydroxylation is 1. The lowest BCUT2D eigenvalue weighted by molar-refractivity contribution is -0.394. The van der Waals surface area contributed by atoms with Gasteiger partial charge in [0.15, 0.2) is 15.8 Å². The Labute approximate surface area is 220 Å². The van der Waals surface area contributed by atoms with Crippen LogP contribution >= 0.6 is 24.0 Å². The van der Waals surface area contributed by atoms with Crippen molar-refractivity contribution in [2.45, 2.75) is 13.8 Å². The van der Waals surface area contributed by atoms with Gasteiger partial charge in [0.25, 0.3) is 11.6 Å². The van der Waals surface area contributed by atoms with E-state index in [1.807, 2.05) is 31.2 Å². The van der Waals surface area contributed by atoms with E-state index in [4.69, 9.17) is 21.7 Å². The lowest BCUT2D eigenvalue weighted by Gasteiger charge is -2.16. The number of hydrogen-bond donors (Lipinski definition) is 0. The van der Waals surface area contributed by atoms with Crippen LogP contribution in [0.15, 0.2) is 65.6 Å². The second-order valence-corrected chi connectivity index (χ2v) is 9.39. The molecule has 188 valence electrons. The van der Waals surface area contributed by atoms with Crippen molar-refractivity contribution < 1.29 is 24.1 Å². The Balaban J connectivity index is 1.65. The summed E-state index contributed by atoms with van der Waals surface area (Å²) in [6.07, 6.45) is 1.68. The standard InChI is InChI=1S/C25H19N3O7S2/c1-3-34-22-12-16(13-23-24(29)26(25(36)37-23)18-7-5-4-6-15(18)2)8-10-21(22)35-20-11-9-17(27(30)31)14-19(20)28(32)33/h4-14H,3H2,1-2H3/b23-13+. The Morgan fingerprint density at radius 1 is 1.00 bits per heavy atom. The van der Waals surface area contributed by atoms with Gasteiger partial charge < -0.3 is 9.47 Å². The minimum atomic E-state index is -0.756. The van der Waals surface area contributed by atoms with Crippen LogP contribution in [-0.4, -0.2) is 26.7 Å². The fourth-order valence-electron chi connectivity index (χ4n) is 3.57. The molecule has 0 atom stereocenters. The highest BCUT2D eigenvalue weighted by atomic mass is 32.2. The van der Waals surface area contributed by atoms with Crippen LogP contribution in [0.2, 0.25) is 0 Å². The van der Waals surface area contributed by atoms with Crippen molar-refractivity contribution in [2.75, 3.05) is 11.5 Å². The number of hydrogen-bond acceptors (Lipinski definition) is 9. The maximum Gasteiger partial charge on any atom is 0.318 e. The number of non-ortho nitro benzene ring substituents is 1. The number of nitrogens with zero attached hydrogens (tertiary/aromatic N) is 3. The van der Waals surface area contributed by atoms with E-state index >= 15 is 0 Å². The molecule has 1 aliphatic heterocycles. The highest BCUT2D eigenvalue weighted by molar-refractivity contribution is 8.27. The fourth-order valence-corrected chi connectivity index (χ4v) is 4.86. The van der Waals surface area contributed by atoms with Crippen LogP contribution in [0.3, 0.4) is 0 Å². The summed E-state index contributed by atoms with van der Waals surface area (Å²) in [6.45, 7) is 3.94. The van der Waals surface area contributed by atoms with E-state index in [0.29, 0.717) is 14.8 Å². The summed E-state index contributed by atoms with van der Waals surface area (Å²) < 4.78 is 11.8. The molecule has 0 radical (unpaired) electrons. The normalized spacial score (nSPS) is 14.2. The number of thioether (sulfide) groups is 1. The molecule has 10 nitrogen and oxygen atoms in total. The molecule has 0 N–H and O–H groups in total. The molecular formula is C25H19N3O7S2. The smallest absolute Gasteiger partial charge is 0.318 e. The quantitative estimate of drug-likeness (QED) is 0.139. The maximum atomic E-state index is 13.2. The van der Waals surface area contributed by atoms with Gasteiger partial charge in [0.2, 0.25) is 5.75 Å². The molecule has 0 unspecified atom stereocenters. The summed E-state index contributed by atoms with van der Waals surface area (Å²) in [7, 11) is 0. The third-order valence-corrected chi connectivity index (χ3v) is 6.59. The van der Waals surface area contributed by atoms with Crippen LogP contribution in [0.25, 0.3) is 6.08 Å². The summed E-state index contributed by atoms with van der Waals surface area (Å²) in [5.74, 6) is 0.0224. The summed E-state index contributed by atoms with van der Waals surface area (Å²) in [5, 5.41) is 22.5. The number of para-hydroxylation sites is 1. The first kappa shape index (κ1) is 25.8. The lowest BCUT2D eigenvalue weighted by Crippen LogP contribution is -2.28. The molecule has 0 aromatic heterocycles. The summed E-state index contributed by atoms with van der Waals surface area (Å²) in [6, 6.07) is 15.4. The monoisotopic (exact) mass is 537 g/mol. The summed E-state index contributed by atoms with van der Waals surface area (Å²) >= 11 is 6.64. The molecule has 0 bridgehead atoms. The van der Waals surface area contributed by atoms with Gasteiger partial charge in [0.05, 0.1) is 33.1 Å². The SMILES string of the molecule is CCOc1cc(/C=C2/SC(=S)N(c3ccccc3C)C2=O)ccc1Oc1ccc([N+](=O)[O-])cc1[N+](=O)[O-]. The van der Waals surface area contributed by atoms with Gasteiger partial charge in [0, 0.05) is 6.07 Å². The minimum absolute atomic E-state index is 0.170. The second kappa shape index (κ2) is 10.8.